The average molecular weight is 430 g/mol. The number of nitrogen functional groups attached to an aromatic ring is 1. The van der Waals surface area contributed by atoms with Gasteiger partial charge in [0.25, 0.3) is 0 Å². The standard InChI is InChI=1S/C21H17Cl2N3O3/c1-13(28-20-17(23)18(24)16(22)12-25-20)21(27)29-26-19(14-8-4-2-5-9-14)15-10-6-3-7-11-15/h2-13H,1H3,(H2,24,25). The number of nitrogens with zero attached hydrogens (tertiary/aromatic N) is 2. The summed E-state index contributed by atoms with van der Waals surface area (Å²) in [6.07, 6.45) is 0.258. The normalized spacial score (nSPS) is 11.4. The Balaban J connectivity index is 1.79. The molecule has 0 saturated carbocycles. The number of ether oxygens (including phenoxy) is 1. The van der Waals surface area contributed by atoms with E-state index in [0.717, 1.165) is 11.1 Å². The fraction of sp³-hybridized carbons (Fsp3) is 0.0952. The van der Waals surface area contributed by atoms with Crippen LogP contribution in [-0.2, 0) is 9.63 Å². The first-order valence-electron chi connectivity index (χ1n) is 8.63. The highest BCUT2D eigenvalue weighted by Gasteiger charge is 2.21. The summed E-state index contributed by atoms with van der Waals surface area (Å²) in [6, 6.07) is 18.8. The molecule has 0 bridgehead atoms. The van der Waals surface area contributed by atoms with Gasteiger partial charge in [-0.15, -0.1) is 0 Å². The van der Waals surface area contributed by atoms with Gasteiger partial charge in [-0.2, -0.15) is 0 Å². The Morgan fingerprint density at radius 3 is 2.14 bits per heavy atom. The van der Waals surface area contributed by atoms with Gasteiger partial charge in [0.2, 0.25) is 5.88 Å². The van der Waals surface area contributed by atoms with Crippen LogP contribution in [0.3, 0.4) is 0 Å². The van der Waals surface area contributed by atoms with Gasteiger partial charge in [-0.25, -0.2) is 9.78 Å². The Hall–Kier alpha value is -3.09. The van der Waals surface area contributed by atoms with E-state index in [9.17, 15) is 4.79 Å². The van der Waals surface area contributed by atoms with Crippen LogP contribution >= 0.6 is 23.2 Å². The monoisotopic (exact) mass is 429 g/mol. The van der Waals surface area contributed by atoms with E-state index in [2.05, 4.69) is 10.1 Å². The molecule has 0 saturated heterocycles. The van der Waals surface area contributed by atoms with Crippen molar-refractivity contribution in [3.63, 3.8) is 0 Å². The minimum absolute atomic E-state index is 0.0201. The van der Waals surface area contributed by atoms with Crippen molar-refractivity contribution in [1.82, 2.24) is 4.98 Å². The summed E-state index contributed by atoms with van der Waals surface area (Å²) in [5.74, 6) is -0.742. The van der Waals surface area contributed by atoms with Crippen LogP contribution in [0.4, 0.5) is 5.69 Å². The van der Waals surface area contributed by atoms with Crippen LogP contribution in [0.15, 0.2) is 72.0 Å². The van der Waals surface area contributed by atoms with Gasteiger partial charge < -0.3 is 15.3 Å². The number of anilines is 1. The zero-order valence-electron chi connectivity index (χ0n) is 15.4. The third-order valence-corrected chi connectivity index (χ3v) is 4.58. The van der Waals surface area contributed by atoms with E-state index >= 15 is 0 Å². The van der Waals surface area contributed by atoms with Crippen molar-refractivity contribution in [1.29, 1.82) is 0 Å². The average Bonchev–Trinajstić information content (AvgIpc) is 2.75. The first-order chi connectivity index (χ1) is 14.0. The van der Waals surface area contributed by atoms with Crippen molar-refractivity contribution < 1.29 is 14.4 Å². The van der Waals surface area contributed by atoms with E-state index in [4.69, 9.17) is 38.5 Å². The molecule has 3 aromatic rings. The second-order valence-corrected chi connectivity index (χ2v) is 6.77. The number of carbonyl (C=O) groups excluding carboxylic acids is 1. The lowest BCUT2D eigenvalue weighted by Crippen LogP contribution is -2.26. The number of aromatic nitrogens is 1. The lowest BCUT2D eigenvalue weighted by Gasteiger charge is -2.14. The number of hydrogen-bond acceptors (Lipinski definition) is 6. The van der Waals surface area contributed by atoms with Gasteiger partial charge in [0.1, 0.15) is 10.7 Å². The third kappa shape index (κ3) is 5.04. The molecule has 0 spiro atoms. The van der Waals surface area contributed by atoms with Gasteiger partial charge in [0.05, 0.1) is 16.9 Å². The van der Waals surface area contributed by atoms with E-state index in [0.29, 0.717) is 5.71 Å². The van der Waals surface area contributed by atoms with Gasteiger partial charge >= 0.3 is 5.97 Å². The minimum Gasteiger partial charge on any atom is -0.461 e. The molecule has 0 aliphatic carbocycles. The van der Waals surface area contributed by atoms with E-state index < -0.39 is 12.1 Å². The van der Waals surface area contributed by atoms with Crippen molar-refractivity contribution in [2.24, 2.45) is 5.16 Å². The van der Waals surface area contributed by atoms with Gasteiger partial charge in [-0.3, -0.25) is 0 Å². The number of nitrogens with two attached hydrogens (primary N) is 1. The molecule has 1 aromatic heterocycles. The number of oxime groups is 1. The lowest BCUT2D eigenvalue weighted by atomic mass is 10.0. The van der Waals surface area contributed by atoms with Crippen LogP contribution in [0.1, 0.15) is 18.1 Å². The Morgan fingerprint density at radius 1 is 1.03 bits per heavy atom. The maximum absolute atomic E-state index is 12.4. The SMILES string of the molecule is CC(Oc1ncc(Cl)c(N)c1Cl)C(=O)ON=C(c1ccccc1)c1ccccc1. The molecule has 2 N–H and O–H groups in total. The zero-order chi connectivity index (χ0) is 20.8. The predicted octanol–water partition coefficient (Wildman–Crippen LogP) is 4.73. The number of benzene rings is 2. The van der Waals surface area contributed by atoms with Crippen LogP contribution < -0.4 is 10.5 Å². The molecule has 2 aromatic carbocycles. The highest BCUT2D eigenvalue weighted by molar-refractivity contribution is 6.39. The summed E-state index contributed by atoms with van der Waals surface area (Å²) in [5.41, 5.74) is 7.97. The van der Waals surface area contributed by atoms with Crippen LogP contribution in [0, 0.1) is 0 Å². The summed E-state index contributed by atoms with van der Waals surface area (Å²) >= 11 is 11.9. The Morgan fingerprint density at radius 2 is 1.59 bits per heavy atom. The molecule has 3 rings (SSSR count). The molecule has 1 atom stereocenters. The summed E-state index contributed by atoms with van der Waals surface area (Å²) in [4.78, 5) is 21.5. The highest BCUT2D eigenvalue weighted by Crippen LogP contribution is 2.33. The maximum atomic E-state index is 12.4. The number of rotatable bonds is 6. The summed E-state index contributed by atoms with van der Waals surface area (Å²) < 4.78 is 5.46. The first kappa shape index (κ1) is 20.6. The molecule has 6 nitrogen and oxygen atoms in total. The molecule has 29 heavy (non-hydrogen) atoms. The zero-order valence-corrected chi connectivity index (χ0v) is 16.9. The minimum atomic E-state index is -1.03. The highest BCUT2D eigenvalue weighted by atomic mass is 35.5. The Bertz CT molecular complexity index is 987. The quantitative estimate of drug-likeness (QED) is 0.347. The Labute approximate surface area is 177 Å². The van der Waals surface area contributed by atoms with E-state index in [1.807, 2.05) is 60.7 Å². The topological polar surface area (TPSA) is 86.8 Å². The van der Waals surface area contributed by atoms with Crippen molar-refractivity contribution in [2.45, 2.75) is 13.0 Å². The van der Waals surface area contributed by atoms with Crippen LogP contribution in [0.2, 0.25) is 10.0 Å². The predicted molar refractivity (Wildman–Crippen MR) is 113 cm³/mol. The number of halogens is 2. The molecule has 148 valence electrons. The van der Waals surface area contributed by atoms with Crippen molar-refractivity contribution in [2.75, 3.05) is 5.73 Å². The number of pyridine rings is 1. The van der Waals surface area contributed by atoms with Gasteiger partial charge in [0.15, 0.2) is 6.10 Å². The molecule has 1 heterocycles. The lowest BCUT2D eigenvalue weighted by molar-refractivity contribution is -0.151. The number of hydrogen-bond donors (Lipinski definition) is 1. The van der Waals surface area contributed by atoms with Gasteiger partial charge in [0, 0.05) is 11.1 Å². The van der Waals surface area contributed by atoms with Crippen LogP contribution in [0.5, 0.6) is 5.88 Å². The molecule has 0 fully saturated rings. The molecule has 0 radical (unpaired) electrons. The van der Waals surface area contributed by atoms with Crippen molar-refractivity contribution in [3.05, 3.63) is 88.0 Å². The molecular weight excluding hydrogens is 413 g/mol. The molecule has 8 heteroatoms. The molecule has 0 aliphatic rings. The molecule has 0 amide bonds. The van der Waals surface area contributed by atoms with E-state index in [1.54, 1.807) is 0 Å². The summed E-state index contributed by atoms with van der Waals surface area (Å²) in [6.45, 7) is 1.49. The molecular formula is C21H17Cl2N3O3. The first-order valence-corrected chi connectivity index (χ1v) is 9.38. The third-order valence-electron chi connectivity index (χ3n) is 3.92. The smallest absolute Gasteiger partial charge is 0.374 e. The van der Waals surface area contributed by atoms with E-state index in [-0.39, 0.29) is 21.6 Å². The van der Waals surface area contributed by atoms with Crippen LogP contribution in [-0.4, -0.2) is 22.8 Å². The van der Waals surface area contributed by atoms with E-state index in [1.165, 1.54) is 13.1 Å². The van der Waals surface area contributed by atoms with Crippen LogP contribution in [0.25, 0.3) is 0 Å². The number of carbonyl (C=O) groups is 1. The van der Waals surface area contributed by atoms with Crippen molar-refractivity contribution in [3.8, 4) is 5.88 Å². The summed E-state index contributed by atoms with van der Waals surface area (Å²) in [5, 5.41) is 4.28. The Kier molecular flexibility index (Phi) is 6.69. The van der Waals surface area contributed by atoms with Gasteiger partial charge in [-0.05, 0) is 6.92 Å². The molecule has 1 unspecified atom stereocenters. The maximum Gasteiger partial charge on any atom is 0.374 e. The fourth-order valence-corrected chi connectivity index (χ4v) is 2.78. The molecule has 0 aliphatic heterocycles. The van der Waals surface area contributed by atoms with Gasteiger partial charge in [-0.1, -0.05) is 89.0 Å². The van der Waals surface area contributed by atoms with Crippen molar-refractivity contribution >= 4 is 40.6 Å². The largest absolute Gasteiger partial charge is 0.461 e. The fourth-order valence-electron chi connectivity index (χ4n) is 2.39. The second-order valence-electron chi connectivity index (χ2n) is 5.98. The summed E-state index contributed by atoms with van der Waals surface area (Å²) in [7, 11) is 0. The second kappa shape index (κ2) is 9.41.